The van der Waals surface area contributed by atoms with Gasteiger partial charge in [-0.25, -0.2) is 18.7 Å². The Balaban J connectivity index is 0.000000600. The van der Waals surface area contributed by atoms with Crippen LogP contribution in [-0.4, -0.2) is 90.0 Å². The Labute approximate surface area is 614 Å². The van der Waals surface area contributed by atoms with Gasteiger partial charge in [0.25, 0.3) is 0 Å². The number of unbranched alkanes of at least 4 members (excludes halogenated alkanes) is 4. The Kier molecular flexibility index (Phi) is 53.2. The molecular formula is C82H158N18. The number of hydrogen-bond donors (Lipinski definition) is 0. The molecule has 0 amide bonds. The lowest BCUT2D eigenvalue weighted by atomic mass is 10.0. The average Bonchev–Trinajstić information content (AvgIpc) is 1.82. The normalized spacial score (nSPS) is 11.6. The van der Waals surface area contributed by atoms with Gasteiger partial charge in [0.1, 0.15) is 0 Å². The van der Waals surface area contributed by atoms with Crippen molar-refractivity contribution in [3.8, 4) is 0 Å². The van der Waals surface area contributed by atoms with Crippen molar-refractivity contribution >= 4 is 0 Å². The van der Waals surface area contributed by atoms with Gasteiger partial charge in [-0.05, 0) is 193 Å². The highest BCUT2D eigenvalue weighted by atomic mass is 15.4. The monoisotopic (exact) mass is 1400 g/mol. The fraction of sp³-hybridized carbons (Fsp3) is 0.854. The fourth-order valence-corrected chi connectivity index (χ4v) is 11.1. The van der Waals surface area contributed by atoms with Crippen molar-refractivity contribution in [2.45, 2.75) is 385 Å². The number of nitrogens with zero attached hydrogens (tertiary/aromatic N) is 18. The number of hydrogen-bond acceptors (Lipinski definition) is 12. The molecule has 0 saturated carbocycles. The lowest BCUT2D eigenvalue weighted by Crippen LogP contribution is -2.07. The Morgan fingerprint density at radius 2 is 0.510 bits per heavy atom. The average molecular weight is 1400 g/mol. The van der Waals surface area contributed by atoms with Gasteiger partial charge >= 0.3 is 0 Å². The molecule has 6 heterocycles. The summed E-state index contributed by atoms with van der Waals surface area (Å²) in [7, 11) is 0. The first-order chi connectivity index (χ1) is 47.5. The third-order valence-corrected chi connectivity index (χ3v) is 17.6. The lowest BCUT2D eigenvalue weighted by molar-refractivity contribution is 0.460. The fourth-order valence-electron chi connectivity index (χ4n) is 11.1. The van der Waals surface area contributed by atoms with Crippen LogP contribution in [0.25, 0.3) is 0 Å². The molecule has 0 aliphatic rings. The Bertz CT molecular complexity index is 2680. The van der Waals surface area contributed by atoms with Gasteiger partial charge in [-0.3, -0.25) is 9.36 Å². The summed E-state index contributed by atoms with van der Waals surface area (Å²) in [5, 5.41) is 49.5. The molecule has 0 N–H and O–H groups in total. The van der Waals surface area contributed by atoms with E-state index in [1.54, 1.807) is 0 Å². The molecule has 100 heavy (non-hydrogen) atoms. The van der Waals surface area contributed by atoms with Crippen LogP contribution in [-0.2, 0) is 77.8 Å². The molecule has 18 heteroatoms. The van der Waals surface area contributed by atoms with E-state index < -0.39 is 0 Å². The Morgan fingerprint density at radius 1 is 0.230 bits per heavy atom. The quantitative estimate of drug-likeness (QED) is 0.0330. The second kappa shape index (κ2) is 57.3. The second-order valence-corrected chi connectivity index (χ2v) is 34.0. The van der Waals surface area contributed by atoms with E-state index >= 15 is 0 Å². The molecule has 6 aromatic rings. The summed E-state index contributed by atoms with van der Waals surface area (Å²) in [6.45, 7) is 60.3. The molecule has 0 radical (unpaired) electrons. The minimum Gasteiger partial charge on any atom is -0.252 e. The van der Waals surface area contributed by atoms with Gasteiger partial charge in [0.05, 0.1) is 59.0 Å². The summed E-state index contributed by atoms with van der Waals surface area (Å²) < 4.78 is 12.3. The van der Waals surface area contributed by atoms with Crippen LogP contribution < -0.4 is 0 Å². The molecule has 6 rings (SSSR count). The Hall–Kier alpha value is -5.16. The van der Waals surface area contributed by atoms with Crippen molar-refractivity contribution in [3.05, 3.63) is 71.3 Å². The van der Waals surface area contributed by atoms with Crippen molar-refractivity contribution in [1.82, 2.24) is 90.0 Å². The molecule has 0 aliphatic carbocycles. The zero-order valence-electron chi connectivity index (χ0n) is 69.5. The zero-order valence-corrected chi connectivity index (χ0v) is 69.5. The first-order valence-electron chi connectivity index (χ1n) is 40.8. The first kappa shape index (κ1) is 92.9. The number of aromatic nitrogens is 18. The molecule has 18 nitrogen and oxygen atoms in total. The van der Waals surface area contributed by atoms with E-state index in [9.17, 15) is 0 Å². The number of rotatable bonds is 46. The molecule has 0 saturated heterocycles. The number of aryl methyl sites for hydroxylation is 11. The molecule has 0 aliphatic heterocycles. The predicted molar refractivity (Wildman–Crippen MR) is 422 cm³/mol. The van der Waals surface area contributed by atoms with Gasteiger partial charge in [0.15, 0.2) is 0 Å². The lowest BCUT2D eigenvalue weighted by Gasteiger charge is -2.08. The minimum absolute atomic E-state index is 0.635. The van der Waals surface area contributed by atoms with Gasteiger partial charge in [-0.15, -0.1) is 30.6 Å². The maximum absolute atomic E-state index is 4.22. The van der Waals surface area contributed by atoms with E-state index in [0.717, 1.165) is 154 Å². The van der Waals surface area contributed by atoms with Crippen LogP contribution >= 0.6 is 0 Å². The third kappa shape index (κ3) is 51.9. The van der Waals surface area contributed by atoms with E-state index in [4.69, 9.17) is 0 Å². The highest BCUT2D eigenvalue weighted by Gasteiger charge is 2.11. The molecule has 576 valence electrons. The van der Waals surface area contributed by atoms with Crippen molar-refractivity contribution in [2.24, 2.45) is 71.0 Å². The van der Waals surface area contributed by atoms with Crippen molar-refractivity contribution in [1.29, 1.82) is 0 Å². The molecule has 0 atom stereocenters. The van der Waals surface area contributed by atoms with Crippen molar-refractivity contribution in [2.75, 3.05) is 0 Å². The molecule has 6 aromatic heterocycles. The van der Waals surface area contributed by atoms with Crippen molar-refractivity contribution < 1.29 is 0 Å². The van der Waals surface area contributed by atoms with Gasteiger partial charge in [0.2, 0.25) is 0 Å². The van der Waals surface area contributed by atoms with Crippen LogP contribution in [0, 0.1) is 71.0 Å². The molecule has 0 aromatic carbocycles. The van der Waals surface area contributed by atoms with Crippen LogP contribution in [0.5, 0.6) is 0 Å². The largest absolute Gasteiger partial charge is 0.252 e. The van der Waals surface area contributed by atoms with Crippen LogP contribution in [0.3, 0.4) is 0 Å². The van der Waals surface area contributed by atoms with Crippen LogP contribution in [0.4, 0.5) is 0 Å². The topological polar surface area (TPSA) is 184 Å². The minimum atomic E-state index is 0.635. The van der Waals surface area contributed by atoms with Gasteiger partial charge in [0, 0.05) is 51.7 Å². The van der Waals surface area contributed by atoms with E-state index in [1.165, 1.54) is 164 Å². The van der Waals surface area contributed by atoms with Crippen LogP contribution in [0.1, 0.15) is 342 Å². The molecule has 0 bridgehead atoms. The molecule has 0 unspecified atom stereocenters. The van der Waals surface area contributed by atoms with E-state index in [1.807, 2.05) is 34.2 Å². The predicted octanol–water partition coefficient (Wildman–Crippen LogP) is 21.4. The van der Waals surface area contributed by atoms with Gasteiger partial charge < -0.3 is 0 Å². The SMILES string of the molecule is CC(C)CCCCc1cn(CC(C)C)nn1.CC(C)CCCCc1cn(CCC(C)C)nn1.CC(C)CCCCc1cnnn1CCCC(C)C.CC(C)CCCCn1nncc1CCC(C)C.CC(C)CCCc1cnnn1CCC(C)C.CC(C)CCCn1nncc1CCC(C)C. The van der Waals surface area contributed by atoms with Gasteiger partial charge in [-0.2, -0.15) is 0 Å². The van der Waals surface area contributed by atoms with Crippen LogP contribution in [0.2, 0.25) is 0 Å². The molecule has 0 fully saturated rings. The maximum Gasteiger partial charge on any atom is 0.0827 e. The highest BCUT2D eigenvalue weighted by Crippen LogP contribution is 2.17. The highest BCUT2D eigenvalue weighted by molar-refractivity contribution is 4.97. The summed E-state index contributed by atoms with van der Waals surface area (Å²) in [6, 6.07) is 0. The maximum atomic E-state index is 4.22. The smallest absolute Gasteiger partial charge is 0.0827 e. The zero-order chi connectivity index (χ0) is 74.6. The van der Waals surface area contributed by atoms with Crippen molar-refractivity contribution in [3.63, 3.8) is 0 Å². The molecular weight excluding hydrogens is 1240 g/mol. The third-order valence-electron chi connectivity index (χ3n) is 17.6. The van der Waals surface area contributed by atoms with E-state index in [2.05, 4.69) is 259 Å². The first-order valence-corrected chi connectivity index (χ1v) is 40.8. The summed E-state index contributed by atoms with van der Waals surface area (Å²) in [6.07, 6.45) is 46.2. The summed E-state index contributed by atoms with van der Waals surface area (Å²) in [5.41, 5.74) is 7.48. The Morgan fingerprint density at radius 3 is 0.880 bits per heavy atom. The van der Waals surface area contributed by atoms with Gasteiger partial charge in [-0.1, -0.05) is 255 Å². The summed E-state index contributed by atoms with van der Waals surface area (Å²) in [5.74, 6) is 9.21. The standard InChI is InChI=1S/C15H29N3.2C14H27N3.3C13H25N3/c1-13(2)8-5-6-10-15-12-16-17-18(15)11-7-9-14(3)4;1-12(2)7-5-6-10-17-14(11-15-16-17)9-8-13(3)4;1-12(2)7-5-6-8-14-11-17(16-15-14)10-9-13(3)4;1-11(2)6-5-9-16-13(10-14-15-16)8-7-12(3)4;1-11(2)6-5-7-13-10-14-15-16(13)9-8-12(3)4;1-11(2)7-5-6-8-13-10-16(15-14-13)9-12(3)4/h12-14H,5-11H2,1-4H3;2*11-13H,5-10H2,1-4H3;3*10-12H,5-9H2,1-4H3. The second-order valence-electron chi connectivity index (χ2n) is 34.0. The summed E-state index contributed by atoms with van der Waals surface area (Å²) in [4.78, 5) is 0. The van der Waals surface area contributed by atoms with E-state index in [0.29, 0.717) is 5.92 Å². The van der Waals surface area contributed by atoms with E-state index in [-0.39, 0.29) is 0 Å². The van der Waals surface area contributed by atoms with Crippen LogP contribution in [0.15, 0.2) is 37.2 Å². The molecule has 0 spiro atoms. The summed E-state index contributed by atoms with van der Waals surface area (Å²) >= 11 is 0.